The number of allylic oxidation sites excluding steroid dienone is 1. The van der Waals surface area contributed by atoms with Gasteiger partial charge in [-0.05, 0) is 73.3 Å². The number of hydrogen-bond acceptors (Lipinski definition) is 7. The minimum atomic E-state index is -1.17. The Balaban J connectivity index is 2.41. The van der Waals surface area contributed by atoms with Crippen LogP contribution in [0.3, 0.4) is 0 Å². The molecule has 0 fully saturated rings. The van der Waals surface area contributed by atoms with Crippen molar-refractivity contribution in [2.24, 2.45) is 11.3 Å². The fraction of sp³-hybridized carbons (Fsp3) is 0.500. The molecule has 38 heavy (non-hydrogen) atoms. The van der Waals surface area contributed by atoms with Crippen molar-refractivity contribution >= 4 is 26.0 Å². The molecule has 1 radical (unpaired) electrons. The molecule has 2 unspecified atom stereocenters. The molecule has 0 aliphatic heterocycles. The minimum absolute atomic E-state index is 0.0252. The molecule has 0 saturated heterocycles. The highest BCUT2D eigenvalue weighted by atomic mass is 28.3. The van der Waals surface area contributed by atoms with Crippen LogP contribution in [0.4, 0.5) is 0 Å². The van der Waals surface area contributed by atoms with Gasteiger partial charge in [-0.25, -0.2) is 0 Å². The fourth-order valence-corrected chi connectivity index (χ4v) is 5.75. The second kappa shape index (κ2) is 11.8. The Morgan fingerprint density at radius 3 is 1.79 bits per heavy atom. The van der Waals surface area contributed by atoms with Crippen LogP contribution >= 0.6 is 0 Å². The summed E-state index contributed by atoms with van der Waals surface area (Å²) in [6, 6.07) is 9.44. The molecular weight excluding hydrogens is 500 g/mol. The van der Waals surface area contributed by atoms with E-state index in [9.17, 15) is 4.79 Å². The first-order valence-electron chi connectivity index (χ1n) is 12.8. The zero-order valence-corrected chi connectivity index (χ0v) is 25.5. The summed E-state index contributed by atoms with van der Waals surface area (Å²) in [4.78, 5) is 14.4. The third-order valence-electron chi connectivity index (χ3n) is 6.47. The Bertz CT molecular complexity index is 1170. The molecule has 0 heterocycles. The van der Waals surface area contributed by atoms with Gasteiger partial charge >= 0.3 is 0 Å². The van der Waals surface area contributed by atoms with Gasteiger partial charge in [-0.1, -0.05) is 26.8 Å². The van der Waals surface area contributed by atoms with Crippen LogP contribution in [0.5, 0.6) is 28.7 Å². The highest BCUT2D eigenvalue weighted by molar-refractivity contribution is 6.49. The summed E-state index contributed by atoms with van der Waals surface area (Å²) < 4.78 is 35.1. The van der Waals surface area contributed by atoms with Crippen LogP contribution in [0.25, 0.3) is 11.1 Å². The van der Waals surface area contributed by atoms with Gasteiger partial charge in [0.25, 0.3) is 0 Å². The maximum atomic E-state index is 14.4. The first-order chi connectivity index (χ1) is 17.9. The zero-order chi connectivity index (χ0) is 28.4. The van der Waals surface area contributed by atoms with Gasteiger partial charge in [0, 0.05) is 5.57 Å². The van der Waals surface area contributed by atoms with Gasteiger partial charge in [0.05, 0.1) is 46.6 Å². The van der Waals surface area contributed by atoms with Crippen LogP contribution in [-0.4, -0.2) is 55.5 Å². The number of methoxy groups -OCH3 is 4. The van der Waals surface area contributed by atoms with Crippen molar-refractivity contribution in [2.75, 3.05) is 28.4 Å². The molecule has 2 atom stereocenters. The van der Waals surface area contributed by atoms with E-state index in [1.54, 1.807) is 28.4 Å². The summed E-state index contributed by atoms with van der Waals surface area (Å²) >= 11 is 0. The number of ether oxygens (including phenoxy) is 5. The van der Waals surface area contributed by atoms with E-state index < -0.39 is 15.1 Å². The van der Waals surface area contributed by atoms with Crippen molar-refractivity contribution in [1.29, 1.82) is 0 Å². The van der Waals surface area contributed by atoms with Gasteiger partial charge < -0.3 is 28.1 Å². The lowest BCUT2D eigenvalue weighted by Gasteiger charge is -2.33. The SMILES string of the molecule is COc1ccc(C2=C(c3cc(OC)c(OC)c(OC)c3)C(=O)C(C(C)(C)C)C2O[Si](C)C)cc1OC(C)C. The lowest BCUT2D eigenvalue weighted by atomic mass is 9.76. The maximum Gasteiger partial charge on any atom is 0.205 e. The first-order valence-corrected chi connectivity index (χ1v) is 15.2. The van der Waals surface area contributed by atoms with Crippen LogP contribution < -0.4 is 23.7 Å². The first kappa shape index (κ1) is 29.6. The number of rotatable bonds is 10. The van der Waals surface area contributed by atoms with Gasteiger partial charge in [-0.2, -0.15) is 0 Å². The fourth-order valence-electron chi connectivity index (χ4n) is 4.99. The van der Waals surface area contributed by atoms with E-state index in [1.807, 2.05) is 44.2 Å². The number of ketones is 1. The molecule has 0 saturated carbocycles. The summed E-state index contributed by atoms with van der Waals surface area (Å²) in [6.45, 7) is 14.4. The molecular formula is C30H41O7Si. The topological polar surface area (TPSA) is 72.5 Å². The van der Waals surface area contributed by atoms with Crippen molar-refractivity contribution in [3.8, 4) is 28.7 Å². The molecule has 0 amide bonds. The standard InChI is InChI=1S/C30H41O7Si/c1-17(2)36-21-14-18(12-13-20(21)32-6)25-24(19-15-22(33-7)28(35-9)23(16-19)34-8)27(31)26(30(3,4)5)29(25)37-38(10)11/h12-17,26,29H,1-11H3. The lowest BCUT2D eigenvalue weighted by Crippen LogP contribution is -2.38. The zero-order valence-electron chi connectivity index (χ0n) is 24.5. The quantitative estimate of drug-likeness (QED) is 0.327. The number of carbonyl (C=O) groups is 1. The van der Waals surface area contributed by atoms with Crippen LogP contribution in [0, 0.1) is 11.3 Å². The van der Waals surface area contributed by atoms with Gasteiger partial charge in [0.1, 0.15) is 0 Å². The maximum absolute atomic E-state index is 14.4. The van der Waals surface area contributed by atoms with Crippen LogP contribution in [0.2, 0.25) is 13.1 Å². The van der Waals surface area contributed by atoms with Crippen LogP contribution in [-0.2, 0) is 9.22 Å². The largest absolute Gasteiger partial charge is 0.493 e. The third-order valence-corrected chi connectivity index (χ3v) is 7.20. The van der Waals surface area contributed by atoms with E-state index in [2.05, 4.69) is 33.9 Å². The summed E-state index contributed by atoms with van der Waals surface area (Å²) in [5.41, 5.74) is 2.59. The highest BCUT2D eigenvalue weighted by Gasteiger charge is 2.49. The third kappa shape index (κ3) is 5.86. The molecule has 0 aromatic heterocycles. The minimum Gasteiger partial charge on any atom is -0.493 e. The molecule has 7 nitrogen and oxygen atoms in total. The van der Waals surface area contributed by atoms with Crippen molar-refractivity contribution in [1.82, 2.24) is 0 Å². The average Bonchev–Trinajstić information content (AvgIpc) is 3.13. The summed E-state index contributed by atoms with van der Waals surface area (Å²) in [7, 11) is 5.15. The average molecular weight is 542 g/mol. The van der Waals surface area contributed by atoms with E-state index in [1.165, 1.54) is 0 Å². The molecule has 1 aliphatic rings. The Morgan fingerprint density at radius 1 is 0.789 bits per heavy atom. The normalized spacial score (nSPS) is 17.9. The Kier molecular flexibility index (Phi) is 9.20. The molecule has 0 spiro atoms. The molecule has 0 N–H and O–H groups in total. The number of hydrogen-bond donors (Lipinski definition) is 0. The summed E-state index contributed by atoms with van der Waals surface area (Å²) in [6.07, 6.45) is -0.482. The highest BCUT2D eigenvalue weighted by Crippen LogP contribution is 2.51. The Hall–Kier alpha value is -2.97. The van der Waals surface area contributed by atoms with Gasteiger partial charge in [-0.3, -0.25) is 4.79 Å². The van der Waals surface area contributed by atoms with E-state index in [4.69, 9.17) is 28.1 Å². The molecule has 1 aliphatic carbocycles. The van der Waals surface area contributed by atoms with Crippen molar-refractivity contribution in [3.05, 3.63) is 41.5 Å². The number of benzene rings is 2. The molecule has 2 aromatic rings. The molecule has 0 bridgehead atoms. The molecule has 207 valence electrons. The monoisotopic (exact) mass is 541 g/mol. The van der Waals surface area contributed by atoms with Gasteiger partial charge in [0.2, 0.25) is 14.8 Å². The smallest absolute Gasteiger partial charge is 0.205 e. The molecule has 3 rings (SSSR count). The second-order valence-corrected chi connectivity index (χ2v) is 12.9. The number of Topliss-reactive ketones (excluding diaryl/α,β-unsaturated/α-hetero) is 1. The second-order valence-electron chi connectivity index (χ2n) is 10.9. The van der Waals surface area contributed by atoms with Crippen molar-refractivity contribution in [3.63, 3.8) is 0 Å². The van der Waals surface area contributed by atoms with E-state index in [-0.39, 0.29) is 23.2 Å². The van der Waals surface area contributed by atoms with Crippen LogP contribution in [0.1, 0.15) is 45.7 Å². The van der Waals surface area contributed by atoms with Crippen LogP contribution in [0.15, 0.2) is 30.3 Å². The molecule has 8 heteroatoms. The van der Waals surface area contributed by atoms with Crippen molar-refractivity contribution in [2.45, 2.75) is 59.9 Å². The Morgan fingerprint density at radius 2 is 1.34 bits per heavy atom. The summed E-state index contributed by atoms with van der Waals surface area (Å²) in [5, 5.41) is 0. The van der Waals surface area contributed by atoms with E-state index in [0.717, 1.165) is 11.1 Å². The summed E-state index contributed by atoms with van der Waals surface area (Å²) in [5.74, 6) is 2.30. The van der Waals surface area contributed by atoms with E-state index >= 15 is 0 Å². The number of carbonyl (C=O) groups excluding carboxylic acids is 1. The lowest BCUT2D eigenvalue weighted by molar-refractivity contribution is -0.121. The van der Waals surface area contributed by atoms with Crippen molar-refractivity contribution < 1.29 is 32.9 Å². The van der Waals surface area contributed by atoms with E-state index in [0.29, 0.717) is 39.9 Å². The predicted octanol–water partition coefficient (Wildman–Crippen LogP) is 6.30. The van der Waals surface area contributed by atoms with Gasteiger partial charge in [0.15, 0.2) is 28.8 Å². The predicted molar refractivity (Wildman–Crippen MR) is 152 cm³/mol. The Labute approximate surface area is 228 Å². The molecule has 2 aromatic carbocycles. The van der Waals surface area contributed by atoms with Gasteiger partial charge in [-0.15, -0.1) is 0 Å².